The fraction of sp³-hybridized carbons (Fsp3) is 0.300. The van der Waals surface area contributed by atoms with Gasteiger partial charge in [-0.05, 0) is 11.1 Å². The van der Waals surface area contributed by atoms with E-state index in [0.717, 1.165) is 0 Å². The minimum absolute atomic E-state index is 0.159. The van der Waals surface area contributed by atoms with Gasteiger partial charge in [-0.3, -0.25) is 4.79 Å². The highest BCUT2D eigenvalue weighted by atomic mass is 16.4. The molecule has 0 radical (unpaired) electrons. The number of benzene rings is 1. The fourth-order valence-electron chi connectivity index (χ4n) is 1.37. The monoisotopic (exact) mass is 237 g/mol. The first-order valence-electron chi connectivity index (χ1n) is 4.78. The van der Waals surface area contributed by atoms with Crippen molar-refractivity contribution < 1.29 is 20.1 Å². The number of hydrogen-bond acceptors (Lipinski definition) is 4. The molecule has 0 aromatic heterocycles. The van der Waals surface area contributed by atoms with Crippen molar-refractivity contribution in [2.75, 3.05) is 0 Å². The molecule has 0 amide bonds. The van der Waals surface area contributed by atoms with Crippen molar-refractivity contribution in [2.45, 2.75) is 18.6 Å². The Morgan fingerprint density at radius 3 is 2.65 bits per heavy atom. The molecule has 1 aromatic rings. The van der Waals surface area contributed by atoms with E-state index in [-0.39, 0.29) is 11.3 Å². The maximum absolute atomic E-state index is 10.4. The van der Waals surface area contributed by atoms with Gasteiger partial charge in [-0.25, -0.2) is 0 Å². The maximum atomic E-state index is 10.4. The van der Waals surface area contributed by atoms with Crippen LogP contribution in [0.2, 0.25) is 0 Å². The first-order chi connectivity index (χ1) is 8.06. The van der Waals surface area contributed by atoms with Gasteiger partial charge in [-0.2, -0.15) is 0 Å². The van der Waals surface area contributed by atoms with Crippen LogP contribution in [0.5, 0.6) is 0 Å². The van der Waals surface area contributed by atoms with Gasteiger partial charge < -0.3 is 15.3 Å². The normalized spacial score (nSPS) is 13.5. The van der Waals surface area contributed by atoms with Crippen LogP contribution in [0.4, 0.5) is 5.69 Å². The van der Waals surface area contributed by atoms with Crippen molar-refractivity contribution in [1.82, 2.24) is 0 Å². The molecule has 7 heteroatoms. The van der Waals surface area contributed by atoms with Crippen molar-refractivity contribution in [3.63, 3.8) is 0 Å². The van der Waals surface area contributed by atoms with Crippen molar-refractivity contribution in [3.8, 4) is 0 Å². The third-order valence-electron chi connectivity index (χ3n) is 2.16. The topological polar surface area (TPSA) is 127 Å². The number of azide groups is 1. The van der Waals surface area contributed by atoms with Gasteiger partial charge in [0.1, 0.15) is 6.10 Å². The van der Waals surface area contributed by atoms with E-state index in [1.807, 2.05) is 0 Å². The van der Waals surface area contributed by atoms with Crippen LogP contribution in [0.25, 0.3) is 10.4 Å². The summed E-state index contributed by atoms with van der Waals surface area (Å²) >= 11 is 0. The second kappa shape index (κ2) is 5.86. The first kappa shape index (κ1) is 13.0. The Hall–Kier alpha value is -2.08. The summed E-state index contributed by atoms with van der Waals surface area (Å²) in [6.45, 7) is 0. The Balaban J connectivity index is 2.98. The molecular formula is C10H11N3O4. The Labute approximate surface area is 96.6 Å². The molecule has 7 nitrogen and oxygen atoms in total. The van der Waals surface area contributed by atoms with E-state index < -0.39 is 24.6 Å². The molecule has 0 saturated carbocycles. The van der Waals surface area contributed by atoms with E-state index in [0.29, 0.717) is 0 Å². The molecule has 2 atom stereocenters. The summed E-state index contributed by atoms with van der Waals surface area (Å²) in [7, 11) is 0. The van der Waals surface area contributed by atoms with Crippen LogP contribution in [0, 0.1) is 0 Å². The van der Waals surface area contributed by atoms with Gasteiger partial charge in [0.15, 0.2) is 0 Å². The van der Waals surface area contributed by atoms with Gasteiger partial charge in [0.25, 0.3) is 0 Å². The van der Waals surface area contributed by atoms with Crippen LogP contribution in [0.3, 0.4) is 0 Å². The zero-order valence-corrected chi connectivity index (χ0v) is 8.76. The molecule has 1 aromatic carbocycles. The summed E-state index contributed by atoms with van der Waals surface area (Å²) in [4.78, 5) is 13.0. The van der Waals surface area contributed by atoms with Crippen molar-refractivity contribution in [3.05, 3.63) is 40.3 Å². The van der Waals surface area contributed by atoms with E-state index in [4.69, 9.17) is 10.6 Å². The van der Waals surface area contributed by atoms with Crippen LogP contribution in [0.1, 0.15) is 18.1 Å². The summed E-state index contributed by atoms with van der Waals surface area (Å²) in [5.74, 6) is -1.22. The Morgan fingerprint density at radius 1 is 1.41 bits per heavy atom. The second-order valence-electron chi connectivity index (χ2n) is 3.36. The highest BCUT2D eigenvalue weighted by molar-refractivity contribution is 5.67. The number of nitrogens with zero attached hydrogens (tertiary/aromatic N) is 3. The summed E-state index contributed by atoms with van der Waals surface area (Å²) in [5.41, 5.74) is 8.68. The lowest BCUT2D eigenvalue weighted by Gasteiger charge is -2.17. The minimum atomic E-state index is -1.46. The molecule has 0 bridgehead atoms. The van der Waals surface area contributed by atoms with E-state index in [1.54, 1.807) is 12.1 Å². The lowest BCUT2D eigenvalue weighted by molar-refractivity contribution is -0.141. The fourth-order valence-corrected chi connectivity index (χ4v) is 1.37. The summed E-state index contributed by atoms with van der Waals surface area (Å²) < 4.78 is 0. The third-order valence-corrected chi connectivity index (χ3v) is 2.16. The van der Waals surface area contributed by atoms with E-state index in [9.17, 15) is 15.0 Å². The van der Waals surface area contributed by atoms with E-state index in [2.05, 4.69) is 10.0 Å². The van der Waals surface area contributed by atoms with Crippen LogP contribution in [-0.2, 0) is 4.79 Å². The SMILES string of the molecule is [N-]=[N+]=Nc1ccccc1C(O)C(O)CC(=O)O. The molecule has 17 heavy (non-hydrogen) atoms. The second-order valence-corrected chi connectivity index (χ2v) is 3.36. The van der Waals surface area contributed by atoms with Crippen molar-refractivity contribution >= 4 is 11.7 Å². The standard InChI is InChI=1S/C10H11N3O4/c11-13-12-7-4-2-1-3-6(7)10(17)8(14)5-9(15)16/h1-4,8,10,14,17H,5H2,(H,15,16). The molecule has 0 aliphatic rings. The van der Waals surface area contributed by atoms with Crippen molar-refractivity contribution in [1.29, 1.82) is 0 Å². The zero-order chi connectivity index (χ0) is 12.8. The number of aliphatic hydroxyl groups excluding tert-OH is 2. The summed E-state index contributed by atoms with van der Waals surface area (Å²) in [6.07, 6.45) is -3.46. The minimum Gasteiger partial charge on any atom is -0.481 e. The Bertz CT molecular complexity index is 457. The van der Waals surface area contributed by atoms with Crippen LogP contribution < -0.4 is 0 Å². The molecule has 0 fully saturated rings. The van der Waals surface area contributed by atoms with Gasteiger partial charge in [0.2, 0.25) is 0 Å². The van der Waals surface area contributed by atoms with Gasteiger partial charge in [-0.15, -0.1) is 0 Å². The number of carboxylic acids is 1. The van der Waals surface area contributed by atoms with Gasteiger partial charge in [0, 0.05) is 10.6 Å². The summed E-state index contributed by atoms with van der Waals surface area (Å²) in [5, 5.41) is 31.1. The van der Waals surface area contributed by atoms with Crippen molar-refractivity contribution in [2.24, 2.45) is 5.11 Å². The molecule has 90 valence electrons. The lowest BCUT2D eigenvalue weighted by atomic mass is 10.0. The molecule has 0 spiro atoms. The smallest absolute Gasteiger partial charge is 0.306 e. The molecule has 1 rings (SSSR count). The molecule has 0 heterocycles. The lowest BCUT2D eigenvalue weighted by Crippen LogP contribution is -2.21. The van der Waals surface area contributed by atoms with E-state index >= 15 is 0 Å². The van der Waals surface area contributed by atoms with Crippen LogP contribution in [0.15, 0.2) is 29.4 Å². The van der Waals surface area contributed by atoms with Gasteiger partial charge >= 0.3 is 5.97 Å². The molecule has 3 N–H and O–H groups in total. The number of hydrogen-bond donors (Lipinski definition) is 3. The molecule has 2 unspecified atom stereocenters. The van der Waals surface area contributed by atoms with Gasteiger partial charge in [0.05, 0.1) is 12.5 Å². The van der Waals surface area contributed by atoms with E-state index in [1.165, 1.54) is 12.1 Å². The number of rotatable bonds is 5. The first-order valence-corrected chi connectivity index (χ1v) is 4.78. The Kier molecular flexibility index (Phi) is 4.47. The Morgan fingerprint density at radius 2 is 2.06 bits per heavy atom. The molecule has 0 saturated heterocycles. The average molecular weight is 237 g/mol. The molecule has 0 aliphatic heterocycles. The van der Waals surface area contributed by atoms with Gasteiger partial charge in [-0.1, -0.05) is 29.4 Å². The highest BCUT2D eigenvalue weighted by Crippen LogP contribution is 2.28. The average Bonchev–Trinajstić information content (AvgIpc) is 2.28. The predicted molar refractivity (Wildman–Crippen MR) is 58.5 cm³/mol. The maximum Gasteiger partial charge on any atom is 0.306 e. The number of carboxylic acid groups (broad SMARTS) is 1. The predicted octanol–water partition coefficient (Wildman–Crippen LogP) is 1.50. The number of carbonyl (C=O) groups is 1. The molecule has 0 aliphatic carbocycles. The zero-order valence-electron chi connectivity index (χ0n) is 8.76. The van der Waals surface area contributed by atoms with Crippen LogP contribution in [-0.4, -0.2) is 27.4 Å². The third kappa shape index (κ3) is 3.46. The quantitative estimate of drug-likeness (QED) is 0.407. The number of aliphatic hydroxyl groups is 2. The highest BCUT2D eigenvalue weighted by Gasteiger charge is 2.22. The largest absolute Gasteiger partial charge is 0.481 e. The number of aliphatic carboxylic acids is 1. The van der Waals surface area contributed by atoms with Crippen LogP contribution >= 0.6 is 0 Å². The molecular weight excluding hydrogens is 226 g/mol. The summed E-state index contributed by atoms with van der Waals surface area (Å²) in [6, 6.07) is 6.11.